The minimum Gasteiger partial charge on any atom is -0.494 e. The summed E-state index contributed by atoms with van der Waals surface area (Å²) in [5.41, 5.74) is 9.06. The highest BCUT2D eigenvalue weighted by atomic mass is 16.5. The Bertz CT molecular complexity index is 850. The molecule has 0 atom stereocenters. The molecule has 0 radical (unpaired) electrons. The lowest BCUT2D eigenvalue weighted by atomic mass is 10.1. The van der Waals surface area contributed by atoms with E-state index < -0.39 is 0 Å². The molecule has 0 bridgehead atoms. The van der Waals surface area contributed by atoms with Crippen LogP contribution in [0.5, 0.6) is 5.75 Å². The maximum Gasteiger partial charge on any atom is 0.154 e. The van der Waals surface area contributed by atoms with Crippen molar-refractivity contribution in [3.05, 3.63) is 42.7 Å². The molecule has 0 spiro atoms. The van der Waals surface area contributed by atoms with Gasteiger partial charge in [-0.15, -0.1) is 0 Å². The molecule has 2 aromatic heterocycles. The first kappa shape index (κ1) is 15.9. The van der Waals surface area contributed by atoms with Crippen LogP contribution in [0.4, 0.5) is 5.82 Å². The fourth-order valence-corrected chi connectivity index (χ4v) is 3.29. The zero-order valence-electron chi connectivity index (χ0n) is 14.4. The lowest BCUT2D eigenvalue weighted by Crippen LogP contribution is -2.40. The Morgan fingerprint density at radius 3 is 2.68 bits per heavy atom. The van der Waals surface area contributed by atoms with E-state index in [4.69, 9.17) is 15.6 Å². The number of aromatic nitrogens is 3. The average Bonchev–Trinajstić information content (AvgIpc) is 3.08. The van der Waals surface area contributed by atoms with Crippen molar-refractivity contribution in [2.24, 2.45) is 5.73 Å². The molecule has 130 valence electrons. The van der Waals surface area contributed by atoms with Crippen LogP contribution in [0, 0.1) is 0 Å². The lowest BCUT2D eigenvalue weighted by Gasteiger charge is -2.31. The number of rotatable bonds is 4. The van der Waals surface area contributed by atoms with Crippen molar-refractivity contribution in [2.75, 3.05) is 24.6 Å². The number of piperidine rings is 1. The Morgan fingerprint density at radius 1 is 1.20 bits per heavy atom. The Kier molecular flexibility index (Phi) is 4.28. The topological polar surface area (TPSA) is 68.7 Å². The Morgan fingerprint density at radius 2 is 1.96 bits per heavy atom. The van der Waals surface area contributed by atoms with E-state index in [-0.39, 0.29) is 0 Å². The van der Waals surface area contributed by atoms with Gasteiger partial charge in [-0.05, 0) is 50.1 Å². The molecule has 0 unspecified atom stereocenters. The molecule has 4 rings (SSSR count). The van der Waals surface area contributed by atoms with Crippen LogP contribution in [0.15, 0.2) is 42.7 Å². The van der Waals surface area contributed by atoms with E-state index in [0.29, 0.717) is 12.6 Å². The second kappa shape index (κ2) is 6.72. The van der Waals surface area contributed by atoms with E-state index in [1.54, 1.807) is 0 Å². The molecule has 3 aromatic rings. The summed E-state index contributed by atoms with van der Waals surface area (Å²) in [4.78, 5) is 6.91. The number of nitrogens with zero attached hydrogens (tertiary/aromatic N) is 4. The van der Waals surface area contributed by atoms with Gasteiger partial charge < -0.3 is 15.4 Å². The van der Waals surface area contributed by atoms with Crippen LogP contribution >= 0.6 is 0 Å². The van der Waals surface area contributed by atoms with Gasteiger partial charge in [-0.2, -0.15) is 5.10 Å². The summed E-state index contributed by atoms with van der Waals surface area (Å²) in [7, 11) is 0. The zero-order valence-corrected chi connectivity index (χ0v) is 14.4. The van der Waals surface area contributed by atoms with Gasteiger partial charge in [0.1, 0.15) is 11.3 Å². The van der Waals surface area contributed by atoms with Crippen molar-refractivity contribution < 1.29 is 4.74 Å². The number of ether oxygens (including phenoxy) is 1. The molecule has 1 fully saturated rings. The monoisotopic (exact) mass is 337 g/mol. The van der Waals surface area contributed by atoms with Gasteiger partial charge in [0.15, 0.2) is 5.82 Å². The molecule has 3 heterocycles. The molecule has 1 aliphatic rings. The number of nitrogens with two attached hydrogens (primary N) is 1. The van der Waals surface area contributed by atoms with E-state index in [2.05, 4.69) is 16.0 Å². The third-order valence-corrected chi connectivity index (χ3v) is 4.67. The third kappa shape index (κ3) is 3.17. The average molecular weight is 337 g/mol. The molecule has 0 aliphatic carbocycles. The van der Waals surface area contributed by atoms with E-state index in [9.17, 15) is 0 Å². The molecule has 6 nitrogen and oxygen atoms in total. The van der Waals surface area contributed by atoms with E-state index in [1.807, 2.05) is 48.1 Å². The van der Waals surface area contributed by atoms with Crippen molar-refractivity contribution in [1.29, 1.82) is 0 Å². The van der Waals surface area contributed by atoms with Gasteiger partial charge in [0.25, 0.3) is 0 Å². The Hall–Kier alpha value is -2.60. The van der Waals surface area contributed by atoms with Crippen molar-refractivity contribution in [3.63, 3.8) is 0 Å². The standard InChI is InChI=1S/C19H23N5O/c1-2-25-16-5-3-14(4-6-16)17-13-18-19(21-9-12-24(18)22-17)23-10-7-15(20)8-11-23/h3-6,9,12-13,15H,2,7-8,10-11,20H2,1H3. The van der Waals surface area contributed by atoms with Gasteiger partial charge in [-0.3, -0.25) is 0 Å². The highest BCUT2D eigenvalue weighted by Crippen LogP contribution is 2.27. The van der Waals surface area contributed by atoms with E-state index in [1.165, 1.54) is 0 Å². The SMILES string of the molecule is CCOc1ccc(-c2cc3c(N4CCC(N)CC4)nccn3n2)cc1. The van der Waals surface area contributed by atoms with Crippen LogP contribution < -0.4 is 15.4 Å². The maximum atomic E-state index is 6.03. The second-order valence-corrected chi connectivity index (χ2v) is 6.39. The fraction of sp³-hybridized carbons (Fsp3) is 0.368. The normalized spacial score (nSPS) is 15.7. The molecule has 2 N–H and O–H groups in total. The molecule has 0 saturated carbocycles. The molecule has 1 aliphatic heterocycles. The zero-order chi connectivity index (χ0) is 17.2. The number of hydrogen-bond acceptors (Lipinski definition) is 5. The molecule has 1 saturated heterocycles. The van der Waals surface area contributed by atoms with Gasteiger partial charge in [0.2, 0.25) is 0 Å². The van der Waals surface area contributed by atoms with Gasteiger partial charge in [0, 0.05) is 37.1 Å². The highest BCUT2D eigenvalue weighted by Gasteiger charge is 2.20. The molecular weight excluding hydrogens is 314 g/mol. The van der Waals surface area contributed by atoms with Crippen LogP contribution in [-0.2, 0) is 0 Å². The van der Waals surface area contributed by atoms with Crippen LogP contribution in [0.2, 0.25) is 0 Å². The van der Waals surface area contributed by atoms with Gasteiger partial charge in [-0.1, -0.05) is 0 Å². The predicted molar refractivity (Wildman–Crippen MR) is 99.0 cm³/mol. The molecular formula is C19H23N5O. The van der Waals surface area contributed by atoms with Crippen LogP contribution in [0.1, 0.15) is 19.8 Å². The van der Waals surface area contributed by atoms with E-state index >= 15 is 0 Å². The summed E-state index contributed by atoms with van der Waals surface area (Å²) >= 11 is 0. The molecule has 6 heteroatoms. The molecule has 0 amide bonds. The minimum atomic E-state index is 0.306. The van der Waals surface area contributed by atoms with Gasteiger partial charge in [-0.25, -0.2) is 9.50 Å². The summed E-state index contributed by atoms with van der Waals surface area (Å²) in [5.74, 6) is 1.86. The first-order chi connectivity index (χ1) is 12.2. The van der Waals surface area contributed by atoms with Gasteiger partial charge in [0.05, 0.1) is 12.3 Å². The summed E-state index contributed by atoms with van der Waals surface area (Å²) in [6, 6.07) is 10.5. The lowest BCUT2D eigenvalue weighted by molar-refractivity contribution is 0.340. The number of fused-ring (bicyclic) bond motifs is 1. The largest absolute Gasteiger partial charge is 0.494 e. The predicted octanol–water partition coefficient (Wildman–Crippen LogP) is 2.72. The first-order valence-electron chi connectivity index (χ1n) is 8.83. The molecule has 1 aromatic carbocycles. The van der Waals surface area contributed by atoms with E-state index in [0.717, 1.165) is 54.3 Å². The third-order valence-electron chi connectivity index (χ3n) is 4.67. The van der Waals surface area contributed by atoms with Crippen molar-refractivity contribution in [2.45, 2.75) is 25.8 Å². The van der Waals surface area contributed by atoms with Gasteiger partial charge >= 0.3 is 0 Å². The Balaban J connectivity index is 1.67. The van der Waals surface area contributed by atoms with Crippen LogP contribution in [0.25, 0.3) is 16.8 Å². The minimum absolute atomic E-state index is 0.306. The number of hydrogen-bond donors (Lipinski definition) is 1. The number of anilines is 1. The smallest absolute Gasteiger partial charge is 0.154 e. The van der Waals surface area contributed by atoms with Crippen LogP contribution in [0.3, 0.4) is 0 Å². The maximum absolute atomic E-state index is 6.03. The van der Waals surface area contributed by atoms with Crippen molar-refractivity contribution in [1.82, 2.24) is 14.6 Å². The quantitative estimate of drug-likeness (QED) is 0.793. The van der Waals surface area contributed by atoms with Crippen LogP contribution in [-0.4, -0.2) is 40.3 Å². The van der Waals surface area contributed by atoms with Crippen molar-refractivity contribution >= 4 is 11.3 Å². The number of benzene rings is 1. The summed E-state index contributed by atoms with van der Waals surface area (Å²) in [6.45, 7) is 4.54. The fourth-order valence-electron chi connectivity index (χ4n) is 3.29. The second-order valence-electron chi connectivity index (χ2n) is 6.39. The first-order valence-corrected chi connectivity index (χ1v) is 8.83. The van der Waals surface area contributed by atoms with Crippen molar-refractivity contribution in [3.8, 4) is 17.0 Å². The molecule has 25 heavy (non-hydrogen) atoms. The Labute approximate surface area is 147 Å². The highest BCUT2D eigenvalue weighted by molar-refractivity contribution is 5.75. The summed E-state index contributed by atoms with van der Waals surface area (Å²) in [6.07, 6.45) is 5.71. The summed E-state index contributed by atoms with van der Waals surface area (Å²) < 4.78 is 7.42. The summed E-state index contributed by atoms with van der Waals surface area (Å²) in [5, 5.41) is 4.71.